The van der Waals surface area contributed by atoms with Crippen molar-refractivity contribution in [2.75, 3.05) is 26.8 Å². The van der Waals surface area contributed by atoms with Gasteiger partial charge in [0, 0.05) is 19.2 Å². The summed E-state index contributed by atoms with van der Waals surface area (Å²) in [6.07, 6.45) is 6.61. The summed E-state index contributed by atoms with van der Waals surface area (Å²) in [6.45, 7) is 1.72. The molecule has 1 saturated carbocycles. The first-order chi connectivity index (χ1) is 8.14. The third kappa shape index (κ3) is 2.80. The topological polar surface area (TPSA) is 49.8 Å². The maximum absolute atomic E-state index is 11.5. The van der Waals surface area contributed by atoms with Crippen molar-refractivity contribution >= 4 is 5.97 Å². The molecule has 98 valence electrons. The van der Waals surface area contributed by atoms with Crippen molar-refractivity contribution in [1.29, 1.82) is 0 Å². The highest BCUT2D eigenvalue weighted by Crippen LogP contribution is 2.32. The molecule has 4 nitrogen and oxygen atoms in total. The maximum Gasteiger partial charge on any atom is 0.313 e. The summed E-state index contributed by atoms with van der Waals surface area (Å²) >= 11 is 0. The number of hydrogen-bond donors (Lipinski definition) is 1. The molecule has 2 aliphatic rings. The van der Waals surface area contributed by atoms with Crippen molar-refractivity contribution < 1.29 is 14.6 Å². The van der Waals surface area contributed by atoms with Crippen LogP contribution < -0.4 is 0 Å². The van der Waals surface area contributed by atoms with Crippen LogP contribution in [0.2, 0.25) is 0 Å². The van der Waals surface area contributed by atoms with Crippen LogP contribution in [0.25, 0.3) is 0 Å². The Morgan fingerprint density at radius 2 is 2.12 bits per heavy atom. The number of carboxylic acid groups (broad SMARTS) is 1. The molecule has 0 aromatic heterocycles. The molecule has 0 radical (unpaired) electrons. The lowest BCUT2D eigenvalue weighted by atomic mass is 9.81. The predicted molar refractivity (Wildman–Crippen MR) is 65.0 cm³/mol. The Morgan fingerprint density at radius 3 is 2.65 bits per heavy atom. The van der Waals surface area contributed by atoms with E-state index >= 15 is 0 Å². The summed E-state index contributed by atoms with van der Waals surface area (Å²) in [5.74, 6) is -0.693. The van der Waals surface area contributed by atoms with Gasteiger partial charge in [0.25, 0.3) is 0 Å². The zero-order valence-electron chi connectivity index (χ0n) is 10.7. The van der Waals surface area contributed by atoms with E-state index in [9.17, 15) is 9.90 Å². The molecule has 0 aromatic carbocycles. The third-order valence-electron chi connectivity index (χ3n) is 4.28. The van der Waals surface area contributed by atoms with Gasteiger partial charge in [-0.1, -0.05) is 12.8 Å². The number of nitrogens with zero attached hydrogens (tertiary/aromatic N) is 1. The second-order valence-corrected chi connectivity index (χ2v) is 5.60. The Hall–Kier alpha value is -0.610. The third-order valence-corrected chi connectivity index (χ3v) is 4.28. The molecule has 1 N–H and O–H groups in total. The fourth-order valence-electron chi connectivity index (χ4n) is 3.16. The smallest absolute Gasteiger partial charge is 0.313 e. The van der Waals surface area contributed by atoms with Gasteiger partial charge < -0.3 is 14.7 Å². The highest BCUT2D eigenvalue weighted by Gasteiger charge is 2.42. The molecule has 0 bridgehead atoms. The van der Waals surface area contributed by atoms with Gasteiger partial charge in [-0.05, 0) is 32.7 Å². The summed E-state index contributed by atoms with van der Waals surface area (Å²) in [6, 6.07) is 0.577. The number of rotatable bonds is 4. The van der Waals surface area contributed by atoms with Crippen LogP contribution in [-0.2, 0) is 9.53 Å². The molecule has 2 rings (SSSR count). The van der Waals surface area contributed by atoms with Crippen LogP contribution in [0, 0.1) is 5.41 Å². The zero-order chi connectivity index (χ0) is 12.3. The number of hydrogen-bond acceptors (Lipinski definition) is 3. The summed E-state index contributed by atoms with van der Waals surface area (Å²) in [7, 11) is 2.06. The average Bonchev–Trinajstić information content (AvgIpc) is 2.83. The predicted octanol–water partition coefficient (Wildman–Crippen LogP) is 1.74. The standard InChI is InChI=1S/C13H23NO3/c1-14(11-5-2-3-6-11)9-13(12(15)16)7-4-8-17-10-13/h11H,2-10H2,1H3,(H,15,16). The Morgan fingerprint density at radius 1 is 1.41 bits per heavy atom. The van der Waals surface area contributed by atoms with Gasteiger partial charge >= 0.3 is 5.97 Å². The summed E-state index contributed by atoms with van der Waals surface area (Å²) in [4.78, 5) is 13.8. The second kappa shape index (κ2) is 5.36. The van der Waals surface area contributed by atoms with Crippen molar-refractivity contribution in [3.8, 4) is 0 Å². The summed E-state index contributed by atoms with van der Waals surface area (Å²) in [5.41, 5.74) is -0.671. The van der Waals surface area contributed by atoms with Crippen molar-refractivity contribution in [3.05, 3.63) is 0 Å². The Labute approximate surface area is 103 Å². The molecular weight excluding hydrogens is 218 g/mol. The van der Waals surface area contributed by atoms with Gasteiger partial charge in [0.15, 0.2) is 0 Å². The minimum absolute atomic E-state index is 0.374. The van der Waals surface area contributed by atoms with Crippen LogP contribution in [0.5, 0.6) is 0 Å². The van der Waals surface area contributed by atoms with Gasteiger partial charge in [-0.2, -0.15) is 0 Å². The van der Waals surface area contributed by atoms with E-state index in [2.05, 4.69) is 11.9 Å². The van der Waals surface area contributed by atoms with Gasteiger partial charge in [0.05, 0.1) is 6.61 Å². The van der Waals surface area contributed by atoms with E-state index in [0.29, 0.717) is 25.8 Å². The minimum Gasteiger partial charge on any atom is -0.481 e. The maximum atomic E-state index is 11.5. The molecule has 1 atom stereocenters. The monoisotopic (exact) mass is 241 g/mol. The lowest BCUT2D eigenvalue weighted by Crippen LogP contribution is -2.49. The molecule has 1 aliphatic carbocycles. The number of aliphatic carboxylic acids is 1. The first-order valence-corrected chi connectivity index (χ1v) is 6.65. The fourth-order valence-corrected chi connectivity index (χ4v) is 3.16. The Kier molecular flexibility index (Phi) is 4.05. The molecule has 1 aliphatic heterocycles. The largest absolute Gasteiger partial charge is 0.481 e. The van der Waals surface area contributed by atoms with E-state index in [1.54, 1.807) is 0 Å². The van der Waals surface area contributed by atoms with Gasteiger partial charge in [-0.15, -0.1) is 0 Å². The first-order valence-electron chi connectivity index (χ1n) is 6.65. The molecular formula is C13H23NO3. The minimum atomic E-state index is -0.693. The quantitative estimate of drug-likeness (QED) is 0.814. The van der Waals surface area contributed by atoms with Crippen molar-refractivity contribution in [2.45, 2.75) is 44.6 Å². The molecule has 4 heteroatoms. The molecule has 1 saturated heterocycles. The lowest BCUT2D eigenvalue weighted by molar-refractivity contribution is -0.159. The highest BCUT2D eigenvalue weighted by atomic mass is 16.5. The van der Waals surface area contributed by atoms with Crippen LogP contribution in [0.4, 0.5) is 0 Å². The van der Waals surface area contributed by atoms with E-state index in [-0.39, 0.29) is 0 Å². The molecule has 1 unspecified atom stereocenters. The van der Waals surface area contributed by atoms with E-state index in [1.807, 2.05) is 0 Å². The SMILES string of the molecule is CN(CC1(C(=O)O)CCCOC1)C1CCCC1. The van der Waals surface area contributed by atoms with Crippen molar-refractivity contribution in [1.82, 2.24) is 4.90 Å². The Bertz CT molecular complexity index is 268. The molecule has 2 fully saturated rings. The van der Waals surface area contributed by atoms with E-state index in [4.69, 9.17) is 4.74 Å². The van der Waals surface area contributed by atoms with Crippen LogP contribution in [0.15, 0.2) is 0 Å². The van der Waals surface area contributed by atoms with Crippen LogP contribution >= 0.6 is 0 Å². The molecule has 0 amide bonds. The average molecular weight is 241 g/mol. The van der Waals surface area contributed by atoms with Crippen molar-refractivity contribution in [3.63, 3.8) is 0 Å². The van der Waals surface area contributed by atoms with Crippen LogP contribution in [0.3, 0.4) is 0 Å². The Balaban J connectivity index is 1.98. The highest BCUT2D eigenvalue weighted by molar-refractivity contribution is 5.75. The van der Waals surface area contributed by atoms with Gasteiger partial charge in [-0.3, -0.25) is 4.79 Å². The van der Waals surface area contributed by atoms with Crippen LogP contribution in [-0.4, -0.2) is 48.8 Å². The molecule has 0 aromatic rings. The van der Waals surface area contributed by atoms with Gasteiger partial charge in [0.2, 0.25) is 0 Å². The first kappa shape index (κ1) is 12.8. The number of ether oxygens (including phenoxy) is 1. The lowest BCUT2D eigenvalue weighted by Gasteiger charge is -2.38. The second-order valence-electron chi connectivity index (χ2n) is 5.60. The number of carboxylic acids is 1. The molecule has 0 spiro atoms. The van der Waals surface area contributed by atoms with Gasteiger partial charge in [-0.25, -0.2) is 0 Å². The van der Waals surface area contributed by atoms with Crippen LogP contribution in [0.1, 0.15) is 38.5 Å². The fraction of sp³-hybridized carbons (Fsp3) is 0.923. The molecule has 1 heterocycles. The van der Waals surface area contributed by atoms with E-state index < -0.39 is 11.4 Å². The normalized spacial score (nSPS) is 30.9. The van der Waals surface area contributed by atoms with E-state index in [0.717, 1.165) is 12.8 Å². The number of carbonyl (C=O) groups is 1. The summed E-state index contributed by atoms with van der Waals surface area (Å²) < 4.78 is 5.40. The zero-order valence-corrected chi connectivity index (χ0v) is 10.7. The summed E-state index contributed by atoms with van der Waals surface area (Å²) in [5, 5.41) is 9.47. The van der Waals surface area contributed by atoms with Gasteiger partial charge in [0.1, 0.15) is 5.41 Å². The van der Waals surface area contributed by atoms with E-state index in [1.165, 1.54) is 25.7 Å². The van der Waals surface area contributed by atoms with Crippen molar-refractivity contribution in [2.24, 2.45) is 5.41 Å². The molecule has 17 heavy (non-hydrogen) atoms.